The Bertz CT molecular complexity index is 504. The maximum Gasteiger partial charge on any atom is 0.277 e. The maximum absolute atomic E-state index is 11.0. The lowest BCUT2D eigenvalue weighted by atomic mass is 9.49. The number of rotatable bonds is 4. The van der Waals surface area contributed by atoms with Crippen LogP contribution in [-0.2, 0) is 10.2 Å². The highest BCUT2D eigenvalue weighted by atomic mass is 32.2. The molecule has 0 aromatic carbocycles. The minimum absolute atomic E-state index is 0.143. The van der Waals surface area contributed by atoms with Gasteiger partial charge in [-0.15, -0.1) is 10.2 Å². The Balaban J connectivity index is 1.56. The van der Waals surface area contributed by atoms with Crippen molar-refractivity contribution in [2.24, 2.45) is 17.8 Å². The first-order valence-corrected chi connectivity index (χ1v) is 8.58. The smallest absolute Gasteiger partial charge is 0.277 e. The van der Waals surface area contributed by atoms with Gasteiger partial charge in [0.1, 0.15) is 5.78 Å². The fourth-order valence-corrected chi connectivity index (χ4v) is 5.58. The van der Waals surface area contributed by atoms with Gasteiger partial charge in [0.25, 0.3) is 5.22 Å². The molecule has 4 fully saturated rings. The molecule has 4 aliphatic rings. The molecular weight excluding hydrogens is 272 g/mol. The predicted molar refractivity (Wildman–Crippen MR) is 75.6 cm³/mol. The second-order valence-corrected chi connectivity index (χ2v) is 7.99. The van der Waals surface area contributed by atoms with E-state index in [0.717, 1.165) is 23.6 Å². The fourth-order valence-electron chi connectivity index (χ4n) is 5.02. The lowest BCUT2D eigenvalue weighted by Gasteiger charge is -2.55. The third-order valence-electron chi connectivity index (χ3n) is 5.30. The van der Waals surface area contributed by atoms with Crippen LogP contribution in [0, 0.1) is 17.8 Å². The van der Waals surface area contributed by atoms with Crippen molar-refractivity contribution in [3.05, 3.63) is 5.89 Å². The Labute approximate surface area is 123 Å². The van der Waals surface area contributed by atoms with E-state index in [0.29, 0.717) is 11.0 Å². The van der Waals surface area contributed by atoms with Crippen molar-refractivity contribution < 1.29 is 9.21 Å². The molecule has 0 spiro atoms. The fraction of sp³-hybridized carbons (Fsp3) is 0.800. The van der Waals surface area contributed by atoms with Crippen molar-refractivity contribution in [3.63, 3.8) is 0 Å². The topological polar surface area (TPSA) is 56.0 Å². The molecule has 0 aliphatic heterocycles. The van der Waals surface area contributed by atoms with Gasteiger partial charge in [-0.25, -0.2) is 0 Å². The highest BCUT2D eigenvalue weighted by Crippen LogP contribution is 2.60. The lowest BCUT2D eigenvalue weighted by molar-refractivity contribution is -0.114. The van der Waals surface area contributed by atoms with Gasteiger partial charge in [-0.05, 0) is 63.2 Å². The zero-order valence-electron chi connectivity index (χ0n) is 11.8. The average molecular weight is 292 g/mol. The number of nitrogens with zero attached hydrogens (tertiary/aromatic N) is 2. The summed E-state index contributed by atoms with van der Waals surface area (Å²) >= 11 is 1.36. The Kier molecular flexibility index (Phi) is 2.95. The Morgan fingerprint density at radius 2 is 1.80 bits per heavy atom. The standard InChI is InChI=1S/C15H20N2O2S/c1-9(18)8-20-14-17-16-13(19-14)15-5-10-2-11(6-15)4-12(3-10)7-15/h10-12H,2-8H2,1H3. The van der Waals surface area contributed by atoms with E-state index in [-0.39, 0.29) is 11.2 Å². The first-order valence-electron chi connectivity index (χ1n) is 7.59. The first-order chi connectivity index (χ1) is 9.63. The molecule has 20 heavy (non-hydrogen) atoms. The van der Waals surface area contributed by atoms with Gasteiger partial charge in [0.2, 0.25) is 5.89 Å². The van der Waals surface area contributed by atoms with Gasteiger partial charge in [0, 0.05) is 5.41 Å². The molecule has 5 heteroatoms. The van der Waals surface area contributed by atoms with Crippen molar-refractivity contribution in [1.29, 1.82) is 0 Å². The van der Waals surface area contributed by atoms with Crippen LogP contribution in [0.15, 0.2) is 9.64 Å². The van der Waals surface area contributed by atoms with Crippen molar-refractivity contribution in [2.75, 3.05) is 5.75 Å². The number of hydrogen-bond donors (Lipinski definition) is 0. The van der Waals surface area contributed by atoms with Gasteiger partial charge in [0.05, 0.1) is 5.75 Å². The third-order valence-corrected chi connectivity index (χ3v) is 6.26. The van der Waals surface area contributed by atoms with Crippen molar-refractivity contribution in [2.45, 2.75) is 56.1 Å². The van der Waals surface area contributed by atoms with Crippen LogP contribution in [0.4, 0.5) is 0 Å². The van der Waals surface area contributed by atoms with Crippen LogP contribution in [0.1, 0.15) is 51.3 Å². The molecule has 5 rings (SSSR count). The quantitative estimate of drug-likeness (QED) is 0.798. The van der Waals surface area contributed by atoms with Gasteiger partial charge in [-0.3, -0.25) is 4.79 Å². The van der Waals surface area contributed by atoms with Crippen LogP contribution < -0.4 is 0 Å². The summed E-state index contributed by atoms with van der Waals surface area (Å²) in [6, 6.07) is 0. The second-order valence-electron chi connectivity index (χ2n) is 7.06. The molecular formula is C15H20N2O2S. The van der Waals surface area contributed by atoms with E-state index in [1.54, 1.807) is 6.92 Å². The van der Waals surface area contributed by atoms with Crippen LogP contribution in [0.25, 0.3) is 0 Å². The van der Waals surface area contributed by atoms with Gasteiger partial charge in [-0.2, -0.15) is 0 Å². The van der Waals surface area contributed by atoms with Gasteiger partial charge >= 0.3 is 0 Å². The summed E-state index contributed by atoms with van der Waals surface area (Å²) in [6.45, 7) is 1.59. The number of hydrogen-bond acceptors (Lipinski definition) is 5. The molecule has 4 nitrogen and oxygen atoms in total. The van der Waals surface area contributed by atoms with Crippen molar-refractivity contribution >= 4 is 17.5 Å². The molecule has 0 atom stereocenters. The molecule has 1 heterocycles. The van der Waals surface area contributed by atoms with E-state index in [4.69, 9.17) is 4.42 Å². The van der Waals surface area contributed by atoms with E-state index in [1.165, 1.54) is 50.3 Å². The van der Waals surface area contributed by atoms with E-state index >= 15 is 0 Å². The minimum Gasteiger partial charge on any atom is -0.415 e. The Morgan fingerprint density at radius 1 is 1.20 bits per heavy atom. The first kappa shape index (κ1) is 12.9. The number of carbonyl (C=O) groups is 1. The normalized spacial score (nSPS) is 38.4. The zero-order valence-corrected chi connectivity index (χ0v) is 12.6. The van der Waals surface area contributed by atoms with Crippen molar-refractivity contribution in [1.82, 2.24) is 10.2 Å². The summed E-state index contributed by atoms with van der Waals surface area (Å²) in [7, 11) is 0. The molecule has 0 radical (unpaired) electrons. The summed E-state index contributed by atoms with van der Waals surface area (Å²) in [5.74, 6) is 4.04. The number of carbonyl (C=O) groups excluding carboxylic acids is 1. The van der Waals surface area contributed by atoms with E-state index in [1.807, 2.05) is 0 Å². The predicted octanol–water partition coefficient (Wildman–Crippen LogP) is 3.22. The number of Topliss-reactive ketones (excluding diaryl/α,β-unsaturated/α-hetero) is 1. The molecule has 0 saturated heterocycles. The van der Waals surface area contributed by atoms with Crippen LogP contribution in [-0.4, -0.2) is 21.7 Å². The monoisotopic (exact) mass is 292 g/mol. The summed E-state index contributed by atoms with van der Waals surface area (Å²) < 4.78 is 5.91. The second kappa shape index (κ2) is 4.58. The Hall–Kier alpha value is -0.840. The van der Waals surface area contributed by atoms with Gasteiger partial charge < -0.3 is 4.42 Å². The van der Waals surface area contributed by atoms with E-state index < -0.39 is 0 Å². The summed E-state index contributed by atoms with van der Waals surface area (Å²) in [5.41, 5.74) is 0.163. The summed E-state index contributed by atoms with van der Waals surface area (Å²) in [5, 5.41) is 9.04. The third kappa shape index (κ3) is 2.10. The minimum atomic E-state index is 0.143. The van der Waals surface area contributed by atoms with Crippen LogP contribution in [0.3, 0.4) is 0 Å². The van der Waals surface area contributed by atoms with E-state index in [9.17, 15) is 4.79 Å². The average Bonchev–Trinajstić information content (AvgIpc) is 2.84. The van der Waals surface area contributed by atoms with Crippen LogP contribution >= 0.6 is 11.8 Å². The largest absolute Gasteiger partial charge is 0.415 e. The van der Waals surface area contributed by atoms with Crippen molar-refractivity contribution in [3.8, 4) is 0 Å². The highest BCUT2D eigenvalue weighted by Gasteiger charge is 2.54. The molecule has 0 unspecified atom stereocenters. The molecule has 0 amide bonds. The molecule has 4 aliphatic carbocycles. The summed E-state index contributed by atoms with van der Waals surface area (Å²) in [6.07, 6.45) is 7.95. The highest BCUT2D eigenvalue weighted by molar-refractivity contribution is 7.99. The van der Waals surface area contributed by atoms with Gasteiger partial charge in [-0.1, -0.05) is 11.8 Å². The van der Waals surface area contributed by atoms with Gasteiger partial charge in [0.15, 0.2) is 0 Å². The molecule has 4 bridgehead atoms. The SMILES string of the molecule is CC(=O)CSc1nnc(C23CC4CC(CC(C4)C2)C3)o1. The molecule has 0 N–H and O–H groups in total. The molecule has 1 aromatic rings. The maximum atomic E-state index is 11.0. The van der Waals surface area contributed by atoms with Crippen LogP contribution in [0.2, 0.25) is 0 Å². The molecule has 108 valence electrons. The van der Waals surface area contributed by atoms with Crippen LogP contribution in [0.5, 0.6) is 0 Å². The lowest BCUT2D eigenvalue weighted by Crippen LogP contribution is -2.48. The van der Waals surface area contributed by atoms with E-state index in [2.05, 4.69) is 10.2 Å². The number of aromatic nitrogens is 2. The molecule has 1 aromatic heterocycles. The number of ketones is 1. The summed E-state index contributed by atoms with van der Waals surface area (Å²) in [4.78, 5) is 11.0. The molecule has 4 saturated carbocycles. The zero-order chi connectivity index (χ0) is 13.7. The Morgan fingerprint density at radius 3 is 2.35 bits per heavy atom. The number of thioether (sulfide) groups is 1.